The normalized spacial score (nSPS) is 14.7. The molecule has 1 atom stereocenters. The zero-order valence-corrected chi connectivity index (χ0v) is 10.3. The Morgan fingerprint density at radius 1 is 1.40 bits per heavy atom. The summed E-state index contributed by atoms with van der Waals surface area (Å²) in [6.07, 6.45) is -0.437. The molecule has 0 fully saturated rings. The first-order valence-electron chi connectivity index (χ1n) is 4.72. The van der Waals surface area contributed by atoms with Crippen molar-refractivity contribution >= 4 is 16.1 Å². The van der Waals surface area contributed by atoms with Crippen LogP contribution in [0.2, 0.25) is 0 Å². The summed E-state index contributed by atoms with van der Waals surface area (Å²) in [5, 5.41) is 0. The lowest BCUT2D eigenvalue weighted by Gasteiger charge is -2.21. The molecule has 5 nitrogen and oxygen atoms in total. The molecule has 0 aliphatic heterocycles. The second-order valence-electron chi connectivity index (χ2n) is 4.43. The molecule has 0 rings (SSSR count). The van der Waals surface area contributed by atoms with Gasteiger partial charge in [0.1, 0.15) is 11.9 Å². The molecule has 0 amide bonds. The average molecular weight is 238 g/mol. The van der Waals surface area contributed by atoms with Crippen molar-refractivity contribution in [2.45, 2.75) is 40.2 Å². The van der Waals surface area contributed by atoms with Crippen molar-refractivity contribution in [3.8, 4) is 0 Å². The molecule has 0 heterocycles. The fourth-order valence-electron chi connectivity index (χ4n) is 0.798. The lowest BCUT2D eigenvalue weighted by atomic mass is 9.97. The van der Waals surface area contributed by atoms with Crippen LogP contribution in [0.1, 0.15) is 34.1 Å². The van der Waals surface area contributed by atoms with Gasteiger partial charge < -0.3 is 4.74 Å². The summed E-state index contributed by atoms with van der Waals surface area (Å²) in [7, 11) is -4.10. The zero-order chi connectivity index (χ0) is 12.3. The second-order valence-corrected chi connectivity index (χ2v) is 5.93. The third-order valence-electron chi connectivity index (χ3n) is 1.74. The largest absolute Gasteiger partial charge is 0.461 e. The lowest BCUT2D eigenvalue weighted by molar-refractivity contribution is -0.157. The Balaban J connectivity index is 4.42. The van der Waals surface area contributed by atoms with Crippen LogP contribution in [0.15, 0.2) is 0 Å². The molecule has 0 saturated heterocycles. The van der Waals surface area contributed by atoms with E-state index in [1.807, 2.05) is 0 Å². The molecule has 0 aromatic heterocycles. The number of esters is 1. The Morgan fingerprint density at radius 2 is 1.87 bits per heavy atom. The van der Waals surface area contributed by atoms with Gasteiger partial charge in [-0.3, -0.25) is 9.35 Å². The standard InChI is InChI=1S/C9H18O5S/c1-5-7(6-15(11,12)13)14-8(10)9(2,3)4/h7H,5-6H2,1-4H3,(H,11,12,13). The number of ether oxygens (including phenoxy) is 1. The van der Waals surface area contributed by atoms with E-state index in [0.29, 0.717) is 6.42 Å². The van der Waals surface area contributed by atoms with Crippen molar-refractivity contribution in [1.29, 1.82) is 0 Å². The smallest absolute Gasteiger partial charge is 0.311 e. The van der Waals surface area contributed by atoms with Crippen LogP contribution < -0.4 is 0 Å². The molecule has 0 radical (unpaired) electrons. The monoisotopic (exact) mass is 238 g/mol. The highest BCUT2D eigenvalue weighted by atomic mass is 32.2. The number of hydrogen-bond donors (Lipinski definition) is 1. The van der Waals surface area contributed by atoms with Crippen molar-refractivity contribution in [2.24, 2.45) is 5.41 Å². The molecule has 0 bridgehead atoms. The van der Waals surface area contributed by atoms with Gasteiger partial charge in [0.15, 0.2) is 0 Å². The summed E-state index contributed by atoms with van der Waals surface area (Å²) in [6, 6.07) is 0. The van der Waals surface area contributed by atoms with Crippen LogP contribution in [0.5, 0.6) is 0 Å². The zero-order valence-electron chi connectivity index (χ0n) is 9.48. The van der Waals surface area contributed by atoms with Gasteiger partial charge in [0, 0.05) is 0 Å². The molecule has 0 aromatic carbocycles. The molecule has 0 aliphatic rings. The topological polar surface area (TPSA) is 80.7 Å². The molecule has 15 heavy (non-hydrogen) atoms. The maximum atomic E-state index is 11.4. The quantitative estimate of drug-likeness (QED) is 0.588. The number of hydrogen-bond acceptors (Lipinski definition) is 4. The number of carbonyl (C=O) groups is 1. The van der Waals surface area contributed by atoms with E-state index >= 15 is 0 Å². The van der Waals surface area contributed by atoms with E-state index in [1.165, 1.54) is 0 Å². The molecule has 90 valence electrons. The Bertz CT molecular complexity index is 312. The van der Waals surface area contributed by atoms with Crippen LogP contribution in [0.3, 0.4) is 0 Å². The van der Waals surface area contributed by atoms with E-state index in [0.717, 1.165) is 0 Å². The molecular weight excluding hydrogens is 220 g/mol. The van der Waals surface area contributed by atoms with Gasteiger partial charge in [0.25, 0.3) is 10.1 Å². The predicted molar refractivity (Wildman–Crippen MR) is 56.0 cm³/mol. The first-order valence-corrected chi connectivity index (χ1v) is 6.33. The first kappa shape index (κ1) is 14.4. The van der Waals surface area contributed by atoms with Crippen LogP contribution in [-0.4, -0.2) is 30.8 Å². The van der Waals surface area contributed by atoms with Crippen molar-refractivity contribution in [2.75, 3.05) is 5.75 Å². The highest BCUT2D eigenvalue weighted by Crippen LogP contribution is 2.17. The summed E-state index contributed by atoms with van der Waals surface area (Å²) in [5.41, 5.74) is -0.674. The molecule has 1 unspecified atom stereocenters. The molecule has 6 heteroatoms. The van der Waals surface area contributed by atoms with Gasteiger partial charge in [0.2, 0.25) is 0 Å². The summed E-state index contributed by atoms with van der Waals surface area (Å²) in [6.45, 7) is 6.71. The third kappa shape index (κ3) is 6.46. The highest BCUT2D eigenvalue weighted by molar-refractivity contribution is 7.85. The minimum Gasteiger partial charge on any atom is -0.461 e. The Kier molecular flexibility index (Phi) is 4.73. The van der Waals surface area contributed by atoms with Gasteiger partial charge in [-0.05, 0) is 27.2 Å². The van der Waals surface area contributed by atoms with E-state index < -0.39 is 33.4 Å². The molecule has 0 spiro atoms. The number of rotatable bonds is 4. The minimum atomic E-state index is -4.10. The lowest BCUT2D eigenvalue weighted by Crippen LogP contribution is -2.31. The van der Waals surface area contributed by atoms with Gasteiger partial charge >= 0.3 is 5.97 Å². The van der Waals surface area contributed by atoms with E-state index in [-0.39, 0.29) is 0 Å². The summed E-state index contributed by atoms with van der Waals surface area (Å²) < 4.78 is 34.8. The predicted octanol–water partition coefficient (Wildman–Crippen LogP) is 1.24. The highest BCUT2D eigenvalue weighted by Gasteiger charge is 2.27. The Morgan fingerprint density at radius 3 is 2.13 bits per heavy atom. The molecule has 0 aromatic rings. The fraction of sp³-hybridized carbons (Fsp3) is 0.889. The van der Waals surface area contributed by atoms with Gasteiger partial charge in [0.05, 0.1) is 5.41 Å². The summed E-state index contributed by atoms with van der Waals surface area (Å²) >= 11 is 0. The SMILES string of the molecule is CCC(CS(=O)(=O)O)OC(=O)C(C)(C)C. The van der Waals surface area contributed by atoms with Crippen LogP contribution >= 0.6 is 0 Å². The van der Waals surface area contributed by atoms with Gasteiger partial charge in [-0.15, -0.1) is 0 Å². The van der Waals surface area contributed by atoms with Crippen LogP contribution in [-0.2, 0) is 19.6 Å². The summed E-state index contributed by atoms with van der Waals surface area (Å²) in [5.74, 6) is -1.02. The third-order valence-corrected chi connectivity index (χ3v) is 2.53. The maximum Gasteiger partial charge on any atom is 0.311 e. The first-order chi connectivity index (χ1) is 6.56. The van der Waals surface area contributed by atoms with Crippen molar-refractivity contribution in [3.63, 3.8) is 0 Å². The molecule has 0 saturated carbocycles. The molecule has 0 aliphatic carbocycles. The van der Waals surface area contributed by atoms with Gasteiger partial charge in [-0.1, -0.05) is 6.92 Å². The second kappa shape index (κ2) is 4.94. The van der Waals surface area contributed by atoms with E-state index in [4.69, 9.17) is 9.29 Å². The van der Waals surface area contributed by atoms with E-state index in [9.17, 15) is 13.2 Å². The number of carbonyl (C=O) groups excluding carboxylic acids is 1. The van der Waals surface area contributed by atoms with Crippen LogP contribution in [0.4, 0.5) is 0 Å². The molecule has 1 N–H and O–H groups in total. The van der Waals surface area contributed by atoms with Crippen molar-refractivity contribution < 1.29 is 22.5 Å². The summed E-state index contributed by atoms with van der Waals surface area (Å²) in [4.78, 5) is 11.4. The van der Waals surface area contributed by atoms with Crippen LogP contribution in [0, 0.1) is 5.41 Å². The molecular formula is C9H18O5S. The Labute approximate surface area is 90.6 Å². The van der Waals surface area contributed by atoms with Crippen molar-refractivity contribution in [1.82, 2.24) is 0 Å². The average Bonchev–Trinajstić information content (AvgIpc) is 1.98. The fourth-order valence-corrected chi connectivity index (χ4v) is 1.57. The van der Waals surface area contributed by atoms with E-state index in [1.54, 1.807) is 27.7 Å². The van der Waals surface area contributed by atoms with Crippen molar-refractivity contribution in [3.05, 3.63) is 0 Å². The minimum absolute atomic E-state index is 0.349. The Hall–Kier alpha value is -0.620. The van der Waals surface area contributed by atoms with Crippen LogP contribution in [0.25, 0.3) is 0 Å². The van der Waals surface area contributed by atoms with Gasteiger partial charge in [-0.2, -0.15) is 8.42 Å². The maximum absolute atomic E-state index is 11.4. The van der Waals surface area contributed by atoms with E-state index in [2.05, 4.69) is 0 Å². The van der Waals surface area contributed by atoms with Gasteiger partial charge in [-0.25, -0.2) is 0 Å².